The fourth-order valence-electron chi connectivity index (χ4n) is 1.40. The van der Waals surface area contributed by atoms with Crippen LogP contribution in [0.2, 0.25) is 0 Å². The minimum Gasteiger partial charge on any atom is -0.396 e. The van der Waals surface area contributed by atoms with Gasteiger partial charge in [-0.2, -0.15) is 0 Å². The van der Waals surface area contributed by atoms with Gasteiger partial charge in [-0.3, -0.25) is 0 Å². The summed E-state index contributed by atoms with van der Waals surface area (Å²) in [6.45, 7) is 2.41. The molecule has 1 atom stereocenters. The molecule has 72 valence electrons. The summed E-state index contributed by atoms with van der Waals surface area (Å²) >= 11 is 0. The van der Waals surface area contributed by atoms with E-state index in [1.165, 1.54) is 0 Å². The second-order valence-electron chi connectivity index (χ2n) is 3.07. The van der Waals surface area contributed by atoms with Crippen LogP contribution in [0.25, 0.3) is 0 Å². The summed E-state index contributed by atoms with van der Waals surface area (Å²) in [6, 6.07) is 7.90. The Bertz CT molecular complexity index is 263. The predicted molar refractivity (Wildman–Crippen MR) is 51.1 cm³/mol. The molecule has 0 aliphatic carbocycles. The van der Waals surface area contributed by atoms with E-state index in [9.17, 15) is 0 Å². The third-order valence-corrected chi connectivity index (χ3v) is 2.15. The number of rotatable bonds is 4. The predicted octanol–water partition coefficient (Wildman–Crippen LogP) is 0.961. The number of aryl methyl sites for hydroxylation is 1. The van der Waals surface area contributed by atoms with Gasteiger partial charge in [0.15, 0.2) is 0 Å². The minimum absolute atomic E-state index is 0.0220. The normalized spacial score (nSPS) is 12.8. The SMILES string of the molecule is Cc1ccccc1C(CO)CON. The van der Waals surface area contributed by atoms with E-state index in [0.717, 1.165) is 11.1 Å². The van der Waals surface area contributed by atoms with Crippen molar-refractivity contribution in [1.29, 1.82) is 0 Å². The average molecular weight is 181 g/mol. The maximum atomic E-state index is 9.10. The van der Waals surface area contributed by atoms with Gasteiger partial charge in [-0.25, -0.2) is 5.90 Å². The van der Waals surface area contributed by atoms with Crippen LogP contribution in [0.15, 0.2) is 24.3 Å². The lowest BCUT2D eigenvalue weighted by Crippen LogP contribution is -2.15. The van der Waals surface area contributed by atoms with Crippen LogP contribution in [0, 0.1) is 6.92 Å². The van der Waals surface area contributed by atoms with Crippen LogP contribution in [0.4, 0.5) is 0 Å². The zero-order valence-electron chi connectivity index (χ0n) is 7.73. The molecule has 1 aromatic carbocycles. The van der Waals surface area contributed by atoms with Crippen LogP contribution in [0.5, 0.6) is 0 Å². The number of aliphatic hydroxyl groups excluding tert-OH is 1. The van der Waals surface area contributed by atoms with Gasteiger partial charge in [0.1, 0.15) is 0 Å². The number of hydrogen-bond donors (Lipinski definition) is 2. The quantitative estimate of drug-likeness (QED) is 0.680. The highest BCUT2D eigenvalue weighted by molar-refractivity contribution is 5.29. The maximum Gasteiger partial charge on any atom is 0.0769 e. The molecule has 0 heterocycles. The van der Waals surface area contributed by atoms with Gasteiger partial charge < -0.3 is 9.94 Å². The molecule has 0 saturated heterocycles. The van der Waals surface area contributed by atoms with Crippen molar-refractivity contribution in [1.82, 2.24) is 0 Å². The van der Waals surface area contributed by atoms with E-state index < -0.39 is 0 Å². The Labute approximate surface area is 78.1 Å². The first-order valence-electron chi connectivity index (χ1n) is 4.27. The van der Waals surface area contributed by atoms with Gasteiger partial charge in [-0.15, -0.1) is 0 Å². The van der Waals surface area contributed by atoms with Crippen LogP contribution in [-0.4, -0.2) is 18.3 Å². The van der Waals surface area contributed by atoms with Crippen molar-refractivity contribution < 1.29 is 9.94 Å². The van der Waals surface area contributed by atoms with Gasteiger partial charge in [0.05, 0.1) is 13.2 Å². The Hall–Kier alpha value is -0.900. The second-order valence-corrected chi connectivity index (χ2v) is 3.07. The lowest BCUT2D eigenvalue weighted by molar-refractivity contribution is 0.101. The Morgan fingerprint density at radius 2 is 2.15 bits per heavy atom. The molecular weight excluding hydrogens is 166 g/mol. The van der Waals surface area contributed by atoms with Crippen LogP contribution in [0.1, 0.15) is 17.0 Å². The summed E-state index contributed by atoms with van der Waals surface area (Å²) in [4.78, 5) is 4.54. The van der Waals surface area contributed by atoms with Crippen molar-refractivity contribution in [2.45, 2.75) is 12.8 Å². The van der Waals surface area contributed by atoms with Crippen LogP contribution >= 0.6 is 0 Å². The molecule has 1 unspecified atom stereocenters. The molecule has 0 fully saturated rings. The monoisotopic (exact) mass is 181 g/mol. The molecule has 1 rings (SSSR count). The summed E-state index contributed by atoms with van der Waals surface area (Å²) in [7, 11) is 0. The first-order valence-corrected chi connectivity index (χ1v) is 4.27. The average Bonchev–Trinajstić information content (AvgIpc) is 2.16. The van der Waals surface area contributed by atoms with E-state index in [0.29, 0.717) is 6.61 Å². The topological polar surface area (TPSA) is 55.5 Å². The highest BCUT2D eigenvalue weighted by atomic mass is 16.6. The van der Waals surface area contributed by atoms with E-state index in [1.54, 1.807) is 0 Å². The first-order chi connectivity index (χ1) is 6.29. The Balaban J connectivity index is 2.84. The Morgan fingerprint density at radius 1 is 1.46 bits per heavy atom. The summed E-state index contributed by atoms with van der Waals surface area (Å²) in [5.74, 6) is 4.96. The van der Waals surface area contributed by atoms with Crippen LogP contribution in [0.3, 0.4) is 0 Å². The Morgan fingerprint density at radius 3 is 2.69 bits per heavy atom. The van der Waals surface area contributed by atoms with Crippen molar-refractivity contribution in [3.05, 3.63) is 35.4 Å². The van der Waals surface area contributed by atoms with Gasteiger partial charge in [0.25, 0.3) is 0 Å². The van der Waals surface area contributed by atoms with Gasteiger partial charge >= 0.3 is 0 Å². The molecule has 0 spiro atoms. The Kier molecular flexibility index (Phi) is 3.89. The molecule has 0 aromatic heterocycles. The van der Waals surface area contributed by atoms with Crippen molar-refractivity contribution >= 4 is 0 Å². The van der Waals surface area contributed by atoms with Gasteiger partial charge in [-0.05, 0) is 18.1 Å². The zero-order chi connectivity index (χ0) is 9.68. The molecule has 0 bridgehead atoms. The number of aliphatic hydroxyl groups is 1. The lowest BCUT2D eigenvalue weighted by Gasteiger charge is -2.15. The van der Waals surface area contributed by atoms with Crippen molar-refractivity contribution in [2.75, 3.05) is 13.2 Å². The fourth-order valence-corrected chi connectivity index (χ4v) is 1.40. The lowest BCUT2D eigenvalue weighted by atomic mass is 9.96. The van der Waals surface area contributed by atoms with E-state index in [2.05, 4.69) is 4.84 Å². The molecule has 0 radical (unpaired) electrons. The summed E-state index contributed by atoms with van der Waals surface area (Å²) in [5, 5.41) is 9.10. The van der Waals surface area contributed by atoms with Gasteiger partial charge in [0, 0.05) is 5.92 Å². The van der Waals surface area contributed by atoms with Gasteiger partial charge in [-0.1, -0.05) is 24.3 Å². The summed E-state index contributed by atoms with van der Waals surface area (Å²) in [6.07, 6.45) is 0. The van der Waals surface area contributed by atoms with Crippen LogP contribution in [-0.2, 0) is 4.84 Å². The molecule has 0 aliphatic rings. The highest BCUT2D eigenvalue weighted by Crippen LogP contribution is 2.18. The first kappa shape index (κ1) is 10.2. The van der Waals surface area contributed by atoms with Gasteiger partial charge in [0.2, 0.25) is 0 Å². The molecule has 0 aliphatic heterocycles. The molecule has 3 N–H and O–H groups in total. The minimum atomic E-state index is -0.0220. The van der Waals surface area contributed by atoms with Crippen molar-refractivity contribution in [2.24, 2.45) is 5.90 Å². The fraction of sp³-hybridized carbons (Fsp3) is 0.400. The standard InChI is InChI=1S/C10H15NO2/c1-8-4-2-3-5-10(8)9(6-12)7-13-11/h2-5,9,12H,6-7,11H2,1H3. The van der Waals surface area contributed by atoms with Crippen LogP contribution < -0.4 is 5.90 Å². The summed E-state index contributed by atoms with van der Waals surface area (Å²) < 4.78 is 0. The molecular formula is C10H15NO2. The van der Waals surface area contributed by atoms with E-state index in [4.69, 9.17) is 11.0 Å². The number of nitrogens with two attached hydrogens (primary N) is 1. The van der Waals surface area contributed by atoms with E-state index in [1.807, 2.05) is 31.2 Å². The zero-order valence-corrected chi connectivity index (χ0v) is 7.73. The third kappa shape index (κ3) is 2.52. The van der Waals surface area contributed by atoms with Crippen molar-refractivity contribution in [3.63, 3.8) is 0 Å². The molecule has 1 aromatic rings. The molecule has 0 saturated carbocycles. The number of benzene rings is 1. The maximum absolute atomic E-state index is 9.10. The largest absolute Gasteiger partial charge is 0.396 e. The van der Waals surface area contributed by atoms with Crippen molar-refractivity contribution in [3.8, 4) is 0 Å². The molecule has 3 nitrogen and oxygen atoms in total. The molecule has 13 heavy (non-hydrogen) atoms. The number of hydrogen-bond acceptors (Lipinski definition) is 3. The van der Waals surface area contributed by atoms with E-state index >= 15 is 0 Å². The second kappa shape index (κ2) is 4.97. The molecule has 0 amide bonds. The van der Waals surface area contributed by atoms with E-state index in [-0.39, 0.29) is 12.5 Å². The third-order valence-electron chi connectivity index (χ3n) is 2.15. The smallest absolute Gasteiger partial charge is 0.0769 e. The highest BCUT2D eigenvalue weighted by Gasteiger charge is 2.11. The molecule has 3 heteroatoms. The summed E-state index contributed by atoms with van der Waals surface area (Å²) in [5.41, 5.74) is 2.24.